The number of carbonyl (C=O) groups excluding carboxylic acids is 1. The van der Waals surface area contributed by atoms with Gasteiger partial charge >= 0.3 is 0 Å². The van der Waals surface area contributed by atoms with E-state index in [1.165, 1.54) is 24.3 Å². The molecule has 0 aliphatic carbocycles. The molecule has 94 valence electrons. The van der Waals surface area contributed by atoms with E-state index in [0.29, 0.717) is 4.88 Å². The van der Waals surface area contributed by atoms with Gasteiger partial charge in [-0.25, -0.2) is 8.78 Å². The zero-order chi connectivity index (χ0) is 13.4. The summed E-state index contributed by atoms with van der Waals surface area (Å²) in [5.41, 5.74) is 0.162. The fourth-order valence-electron chi connectivity index (χ4n) is 1.54. The molecule has 0 unspecified atom stereocenters. The number of halogens is 3. The van der Waals surface area contributed by atoms with Gasteiger partial charge in [-0.1, -0.05) is 0 Å². The van der Waals surface area contributed by atoms with E-state index in [1.807, 2.05) is 6.92 Å². The van der Waals surface area contributed by atoms with Crippen molar-refractivity contribution in [2.75, 3.05) is 0 Å². The van der Waals surface area contributed by atoms with E-state index in [9.17, 15) is 13.6 Å². The van der Waals surface area contributed by atoms with Crippen molar-refractivity contribution in [1.29, 1.82) is 0 Å². The highest BCUT2D eigenvalue weighted by atomic mass is 79.9. The second-order valence-electron chi connectivity index (χ2n) is 3.93. The molecule has 0 spiro atoms. The molecule has 1 nitrogen and oxygen atoms in total. The Balaban J connectivity index is 2.49. The van der Waals surface area contributed by atoms with Crippen molar-refractivity contribution in [2.24, 2.45) is 0 Å². The van der Waals surface area contributed by atoms with Crippen LogP contribution in [0.4, 0.5) is 8.78 Å². The fraction of sp³-hybridized carbons (Fsp3) is 0.154. The molecule has 0 aliphatic rings. The third kappa shape index (κ3) is 2.37. The second-order valence-corrected chi connectivity index (χ2v) is 6.04. The Kier molecular flexibility index (Phi) is 3.64. The smallest absolute Gasteiger partial charge is 0.205 e. The topological polar surface area (TPSA) is 17.1 Å². The summed E-state index contributed by atoms with van der Waals surface area (Å²) in [5, 5.41) is 0. The van der Waals surface area contributed by atoms with Crippen molar-refractivity contribution in [3.8, 4) is 0 Å². The Morgan fingerprint density at radius 3 is 2.39 bits per heavy atom. The predicted molar refractivity (Wildman–Crippen MR) is 71.3 cm³/mol. The molecule has 18 heavy (non-hydrogen) atoms. The standard InChI is InChI=1S/C13H9BrF2OS/c1-6-3-8(11(16)5-10(6)15)13(17)12-4-9(14)7(2)18-12/h3-5H,1-2H3. The number of aryl methyl sites for hydroxylation is 2. The zero-order valence-electron chi connectivity index (χ0n) is 9.68. The minimum atomic E-state index is -0.828. The van der Waals surface area contributed by atoms with E-state index < -0.39 is 17.4 Å². The molecule has 1 heterocycles. The largest absolute Gasteiger partial charge is 0.288 e. The van der Waals surface area contributed by atoms with Crippen molar-refractivity contribution < 1.29 is 13.6 Å². The summed E-state index contributed by atoms with van der Waals surface area (Å²) in [6.07, 6.45) is 0. The Morgan fingerprint density at radius 2 is 1.83 bits per heavy atom. The van der Waals surface area contributed by atoms with Crippen LogP contribution < -0.4 is 0 Å². The minimum Gasteiger partial charge on any atom is -0.288 e. The maximum atomic E-state index is 13.6. The molecule has 0 aliphatic heterocycles. The first-order chi connectivity index (χ1) is 8.40. The highest BCUT2D eigenvalue weighted by Crippen LogP contribution is 2.29. The van der Waals surface area contributed by atoms with Crippen LogP contribution in [0.3, 0.4) is 0 Å². The molecule has 2 aromatic rings. The van der Waals surface area contributed by atoms with Crippen LogP contribution in [-0.4, -0.2) is 5.78 Å². The zero-order valence-corrected chi connectivity index (χ0v) is 12.1. The normalized spacial score (nSPS) is 10.7. The van der Waals surface area contributed by atoms with E-state index in [4.69, 9.17) is 0 Å². The summed E-state index contributed by atoms with van der Waals surface area (Å²) in [7, 11) is 0. The summed E-state index contributed by atoms with van der Waals surface area (Å²) in [6, 6.07) is 3.65. The molecular weight excluding hydrogens is 322 g/mol. The van der Waals surface area contributed by atoms with Gasteiger partial charge < -0.3 is 0 Å². The molecule has 0 radical (unpaired) electrons. The Labute approximate surface area is 116 Å². The number of carbonyl (C=O) groups is 1. The number of hydrogen-bond acceptors (Lipinski definition) is 2. The van der Waals surface area contributed by atoms with Gasteiger partial charge in [-0.2, -0.15) is 0 Å². The average Bonchev–Trinajstić information content (AvgIpc) is 2.63. The quantitative estimate of drug-likeness (QED) is 0.733. The third-order valence-electron chi connectivity index (χ3n) is 2.57. The van der Waals surface area contributed by atoms with E-state index in [0.717, 1.165) is 15.4 Å². The summed E-state index contributed by atoms with van der Waals surface area (Å²) < 4.78 is 27.6. The van der Waals surface area contributed by atoms with Crippen LogP contribution in [0, 0.1) is 25.5 Å². The third-order valence-corrected chi connectivity index (χ3v) is 4.71. The van der Waals surface area contributed by atoms with Crippen molar-refractivity contribution in [3.63, 3.8) is 0 Å². The van der Waals surface area contributed by atoms with E-state index in [1.54, 1.807) is 6.07 Å². The molecule has 0 N–H and O–H groups in total. The lowest BCUT2D eigenvalue weighted by Crippen LogP contribution is -2.04. The molecular formula is C13H9BrF2OS. The molecule has 5 heteroatoms. The van der Waals surface area contributed by atoms with Crippen LogP contribution in [0.15, 0.2) is 22.7 Å². The van der Waals surface area contributed by atoms with Gasteiger partial charge in [-0.3, -0.25) is 4.79 Å². The van der Waals surface area contributed by atoms with Crippen molar-refractivity contribution in [3.05, 3.63) is 55.2 Å². The molecule has 0 atom stereocenters. The molecule has 0 amide bonds. The van der Waals surface area contributed by atoms with E-state index in [2.05, 4.69) is 15.9 Å². The first-order valence-corrected chi connectivity index (χ1v) is 6.77. The van der Waals surface area contributed by atoms with Gasteiger partial charge in [0.05, 0.1) is 10.4 Å². The monoisotopic (exact) mass is 330 g/mol. The van der Waals surface area contributed by atoms with Crippen LogP contribution in [-0.2, 0) is 0 Å². The van der Waals surface area contributed by atoms with Crippen molar-refractivity contribution in [2.45, 2.75) is 13.8 Å². The molecule has 1 aromatic heterocycles. The summed E-state index contributed by atoms with van der Waals surface area (Å²) >= 11 is 4.59. The van der Waals surface area contributed by atoms with Gasteiger partial charge in [0, 0.05) is 15.4 Å². The van der Waals surface area contributed by atoms with Crippen LogP contribution in [0.2, 0.25) is 0 Å². The fourth-order valence-corrected chi connectivity index (χ4v) is 3.02. The van der Waals surface area contributed by atoms with Crippen molar-refractivity contribution in [1.82, 2.24) is 0 Å². The maximum Gasteiger partial charge on any atom is 0.205 e. The van der Waals surface area contributed by atoms with Gasteiger partial charge in [0.25, 0.3) is 0 Å². The SMILES string of the molecule is Cc1cc(C(=O)c2cc(Br)c(C)s2)c(F)cc1F. The molecule has 0 saturated heterocycles. The minimum absolute atomic E-state index is 0.0948. The van der Waals surface area contributed by atoms with E-state index in [-0.39, 0.29) is 11.1 Å². The van der Waals surface area contributed by atoms with Crippen LogP contribution in [0.1, 0.15) is 25.7 Å². The van der Waals surface area contributed by atoms with Gasteiger partial charge in [-0.05, 0) is 47.5 Å². The Morgan fingerprint density at radius 1 is 1.17 bits per heavy atom. The maximum absolute atomic E-state index is 13.6. The van der Waals surface area contributed by atoms with Crippen LogP contribution in [0.5, 0.6) is 0 Å². The highest BCUT2D eigenvalue weighted by molar-refractivity contribution is 9.10. The molecule has 0 saturated carbocycles. The number of ketones is 1. The molecule has 0 fully saturated rings. The lowest BCUT2D eigenvalue weighted by Gasteiger charge is -2.03. The van der Waals surface area contributed by atoms with Gasteiger partial charge in [0.2, 0.25) is 5.78 Å². The van der Waals surface area contributed by atoms with Gasteiger partial charge in [-0.15, -0.1) is 11.3 Å². The number of rotatable bonds is 2. The van der Waals surface area contributed by atoms with Gasteiger partial charge in [0.1, 0.15) is 11.6 Å². The summed E-state index contributed by atoms with van der Waals surface area (Å²) in [5.74, 6) is -1.90. The summed E-state index contributed by atoms with van der Waals surface area (Å²) in [6.45, 7) is 3.36. The lowest BCUT2D eigenvalue weighted by atomic mass is 10.1. The van der Waals surface area contributed by atoms with Crippen molar-refractivity contribution >= 4 is 33.0 Å². The Bertz CT molecular complexity index is 615. The van der Waals surface area contributed by atoms with E-state index >= 15 is 0 Å². The summed E-state index contributed by atoms with van der Waals surface area (Å²) in [4.78, 5) is 13.5. The number of benzene rings is 1. The molecule has 0 bridgehead atoms. The first kappa shape index (κ1) is 13.4. The van der Waals surface area contributed by atoms with Crippen LogP contribution in [0.25, 0.3) is 0 Å². The number of thiophene rings is 1. The first-order valence-electron chi connectivity index (χ1n) is 5.16. The number of hydrogen-bond donors (Lipinski definition) is 0. The molecule has 2 rings (SSSR count). The average molecular weight is 331 g/mol. The Hall–Kier alpha value is -1.07. The van der Waals surface area contributed by atoms with Gasteiger partial charge in [0.15, 0.2) is 0 Å². The molecule has 1 aromatic carbocycles. The lowest BCUT2D eigenvalue weighted by molar-refractivity contribution is 0.103. The second kappa shape index (κ2) is 4.90. The predicted octanol–water partition coefficient (Wildman–Crippen LogP) is 4.64. The highest BCUT2D eigenvalue weighted by Gasteiger charge is 2.18. The van der Waals surface area contributed by atoms with Crippen LogP contribution >= 0.6 is 27.3 Å².